The van der Waals surface area contributed by atoms with Crippen LogP contribution in [0.4, 0.5) is 0 Å². The van der Waals surface area contributed by atoms with Gasteiger partial charge < -0.3 is 20.3 Å². The van der Waals surface area contributed by atoms with Gasteiger partial charge in [-0.15, -0.1) is 0 Å². The van der Waals surface area contributed by atoms with E-state index in [1.807, 2.05) is 13.8 Å². The number of aromatic nitrogens is 1. The van der Waals surface area contributed by atoms with Gasteiger partial charge >= 0.3 is 5.97 Å². The summed E-state index contributed by atoms with van der Waals surface area (Å²) in [6, 6.07) is 3.77. The molecule has 23 heavy (non-hydrogen) atoms. The first kappa shape index (κ1) is 16.0. The zero-order valence-corrected chi connectivity index (χ0v) is 14.1. The second kappa shape index (κ2) is 6.34. The van der Waals surface area contributed by atoms with Crippen LogP contribution in [0.15, 0.2) is 12.1 Å². The highest BCUT2D eigenvalue weighted by atomic mass is 16.4. The molecule has 1 aromatic carbocycles. The molecule has 0 radical (unpaired) electrons. The van der Waals surface area contributed by atoms with Gasteiger partial charge in [-0.05, 0) is 43.1 Å². The Balaban J connectivity index is 2.27. The van der Waals surface area contributed by atoms with Crippen molar-refractivity contribution < 1.29 is 9.90 Å². The third kappa shape index (κ3) is 2.64. The molecule has 0 aliphatic carbocycles. The Morgan fingerprint density at radius 2 is 2.04 bits per heavy atom. The van der Waals surface area contributed by atoms with Crippen LogP contribution in [0, 0.1) is 6.92 Å². The summed E-state index contributed by atoms with van der Waals surface area (Å²) in [5.41, 5.74) is 5.75. The second-order valence-corrected chi connectivity index (χ2v) is 6.22. The van der Waals surface area contributed by atoms with E-state index in [1.54, 1.807) is 0 Å². The molecule has 3 rings (SSSR count). The molecule has 3 N–H and O–H groups in total. The molecule has 1 aliphatic rings. The minimum Gasteiger partial charge on any atom is -0.480 e. The highest BCUT2D eigenvalue weighted by molar-refractivity contribution is 5.92. The minimum atomic E-state index is -0.816. The minimum absolute atomic E-state index is 0.628. The van der Waals surface area contributed by atoms with Crippen LogP contribution < -0.4 is 10.6 Å². The van der Waals surface area contributed by atoms with E-state index in [0.717, 1.165) is 48.2 Å². The standard InChI is InChI=1S/C18H25N3O2/c1-4-6-21-11(3)16(17(18(22)23)20-5-2)14-7-12-9-19-10-13(12)8-15(14)21/h7-8,17,19-20H,4-6,9-10H2,1-3H3,(H,22,23). The maximum absolute atomic E-state index is 11.8. The van der Waals surface area contributed by atoms with Gasteiger partial charge in [-0.1, -0.05) is 13.8 Å². The van der Waals surface area contributed by atoms with E-state index in [1.165, 1.54) is 11.1 Å². The number of fused-ring (bicyclic) bond motifs is 2. The normalized spacial score (nSPS) is 15.1. The molecule has 0 amide bonds. The average Bonchev–Trinajstić information content (AvgIpc) is 3.07. The van der Waals surface area contributed by atoms with Gasteiger partial charge in [0.25, 0.3) is 0 Å². The van der Waals surface area contributed by atoms with Gasteiger partial charge in [-0.25, -0.2) is 0 Å². The van der Waals surface area contributed by atoms with E-state index in [-0.39, 0.29) is 0 Å². The third-order valence-electron chi connectivity index (χ3n) is 4.72. The third-order valence-corrected chi connectivity index (χ3v) is 4.72. The number of aryl methyl sites for hydroxylation is 1. The maximum atomic E-state index is 11.8. The molecule has 2 aromatic rings. The molecule has 2 heterocycles. The number of aliphatic carboxylic acids is 1. The number of carbonyl (C=O) groups is 1. The Morgan fingerprint density at radius 3 is 2.65 bits per heavy atom. The quantitative estimate of drug-likeness (QED) is 0.767. The van der Waals surface area contributed by atoms with Crippen molar-refractivity contribution in [1.29, 1.82) is 0 Å². The summed E-state index contributed by atoms with van der Waals surface area (Å²) in [6.45, 7) is 9.43. The van der Waals surface area contributed by atoms with Gasteiger partial charge in [0.2, 0.25) is 0 Å². The second-order valence-electron chi connectivity index (χ2n) is 6.22. The average molecular weight is 315 g/mol. The van der Waals surface area contributed by atoms with Crippen molar-refractivity contribution in [2.45, 2.75) is 52.9 Å². The summed E-state index contributed by atoms with van der Waals surface area (Å²) in [4.78, 5) is 11.8. The predicted molar refractivity (Wildman–Crippen MR) is 91.6 cm³/mol. The van der Waals surface area contributed by atoms with Crippen molar-refractivity contribution in [2.75, 3.05) is 6.54 Å². The fourth-order valence-electron chi connectivity index (χ4n) is 3.69. The number of nitrogens with one attached hydrogen (secondary N) is 2. The Bertz CT molecular complexity index is 749. The SMILES string of the molecule is CCCn1c(C)c(C(NCC)C(=O)O)c2cc3c(cc21)CNC3. The molecule has 0 saturated heterocycles. The molecule has 1 aromatic heterocycles. The molecule has 0 saturated carbocycles. The molecular weight excluding hydrogens is 290 g/mol. The molecular formula is C18H25N3O2. The van der Waals surface area contributed by atoms with Crippen LogP contribution in [-0.4, -0.2) is 22.2 Å². The van der Waals surface area contributed by atoms with E-state index >= 15 is 0 Å². The Labute approximate surface area is 136 Å². The number of hydrogen-bond acceptors (Lipinski definition) is 3. The Hall–Kier alpha value is -1.85. The van der Waals surface area contributed by atoms with Crippen LogP contribution >= 0.6 is 0 Å². The number of rotatable bonds is 6. The van der Waals surface area contributed by atoms with Gasteiger partial charge in [-0.3, -0.25) is 4.79 Å². The van der Waals surface area contributed by atoms with Crippen molar-refractivity contribution in [3.05, 3.63) is 34.5 Å². The monoisotopic (exact) mass is 315 g/mol. The first-order chi connectivity index (χ1) is 11.1. The summed E-state index contributed by atoms with van der Waals surface area (Å²) in [5.74, 6) is -0.816. The summed E-state index contributed by atoms with van der Waals surface area (Å²) >= 11 is 0. The number of benzene rings is 1. The first-order valence-corrected chi connectivity index (χ1v) is 8.39. The van der Waals surface area contributed by atoms with Crippen LogP contribution in [0.2, 0.25) is 0 Å². The fraction of sp³-hybridized carbons (Fsp3) is 0.500. The lowest BCUT2D eigenvalue weighted by Crippen LogP contribution is -2.28. The predicted octanol–water partition coefficient (Wildman–Crippen LogP) is 2.70. The van der Waals surface area contributed by atoms with Gasteiger partial charge in [-0.2, -0.15) is 0 Å². The van der Waals surface area contributed by atoms with Crippen molar-refractivity contribution in [3.8, 4) is 0 Å². The van der Waals surface area contributed by atoms with Crippen molar-refractivity contribution >= 4 is 16.9 Å². The molecule has 0 fully saturated rings. The van der Waals surface area contributed by atoms with Crippen LogP contribution in [-0.2, 0) is 24.4 Å². The smallest absolute Gasteiger partial charge is 0.325 e. The molecule has 5 heteroatoms. The lowest BCUT2D eigenvalue weighted by atomic mass is 10.00. The Morgan fingerprint density at radius 1 is 1.35 bits per heavy atom. The topological polar surface area (TPSA) is 66.3 Å². The number of carboxylic acid groups (broad SMARTS) is 1. The zero-order chi connectivity index (χ0) is 16.6. The Kier molecular flexibility index (Phi) is 4.41. The molecule has 0 bridgehead atoms. The molecule has 5 nitrogen and oxygen atoms in total. The number of nitrogens with zero attached hydrogens (tertiary/aromatic N) is 1. The molecule has 0 spiro atoms. The molecule has 1 unspecified atom stereocenters. The van der Waals surface area contributed by atoms with Crippen LogP contribution in [0.3, 0.4) is 0 Å². The summed E-state index contributed by atoms with van der Waals surface area (Å²) < 4.78 is 2.27. The fourth-order valence-corrected chi connectivity index (χ4v) is 3.69. The molecule has 1 atom stereocenters. The molecule has 1 aliphatic heterocycles. The summed E-state index contributed by atoms with van der Waals surface area (Å²) in [5, 5.41) is 17.3. The molecule has 124 valence electrons. The lowest BCUT2D eigenvalue weighted by Gasteiger charge is -2.15. The van der Waals surface area contributed by atoms with Crippen LogP contribution in [0.1, 0.15) is 48.7 Å². The number of likely N-dealkylation sites (N-methyl/N-ethyl adjacent to an activating group) is 1. The number of hydrogen-bond donors (Lipinski definition) is 3. The zero-order valence-electron chi connectivity index (χ0n) is 14.1. The van der Waals surface area contributed by atoms with Gasteiger partial charge in [0, 0.05) is 41.8 Å². The van der Waals surface area contributed by atoms with E-state index < -0.39 is 12.0 Å². The van der Waals surface area contributed by atoms with E-state index in [0.29, 0.717) is 6.54 Å². The van der Waals surface area contributed by atoms with Crippen LogP contribution in [0.5, 0.6) is 0 Å². The summed E-state index contributed by atoms with van der Waals surface area (Å²) in [6.07, 6.45) is 1.03. The lowest BCUT2D eigenvalue weighted by molar-refractivity contribution is -0.139. The maximum Gasteiger partial charge on any atom is 0.325 e. The largest absolute Gasteiger partial charge is 0.480 e. The van der Waals surface area contributed by atoms with Gasteiger partial charge in [0.1, 0.15) is 6.04 Å². The number of carboxylic acids is 1. The van der Waals surface area contributed by atoms with Crippen molar-refractivity contribution in [2.24, 2.45) is 0 Å². The highest BCUT2D eigenvalue weighted by Gasteiger charge is 2.27. The van der Waals surface area contributed by atoms with Crippen molar-refractivity contribution in [3.63, 3.8) is 0 Å². The summed E-state index contributed by atoms with van der Waals surface area (Å²) in [7, 11) is 0. The van der Waals surface area contributed by atoms with Gasteiger partial charge in [0.15, 0.2) is 0 Å². The van der Waals surface area contributed by atoms with E-state index in [4.69, 9.17) is 0 Å². The first-order valence-electron chi connectivity index (χ1n) is 8.39. The van der Waals surface area contributed by atoms with Crippen molar-refractivity contribution in [1.82, 2.24) is 15.2 Å². The highest BCUT2D eigenvalue weighted by Crippen LogP contribution is 2.34. The van der Waals surface area contributed by atoms with E-state index in [2.05, 4.69) is 34.3 Å². The van der Waals surface area contributed by atoms with Gasteiger partial charge in [0.05, 0.1) is 0 Å². The van der Waals surface area contributed by atoms with Crippen LogP contribution in [0.25, 0.3) is 10.9 Å². The van der Waals surface area contributed by atoms with E-state index in [9.17, 15) is 9.90 Å².